The maximum Gasteiger partial charge on any atom is 0.240 e. The van der Waals surface area contributed by atoms with E-state index < -0.39 is 10.0 Å². The smallest absolute Gasteiger partial charge is 0.240 e. The van der Waals surface area contributed by atoms with Gasteiger partial charge in [-0.15, -0.1) is 0 Å². The molecule has 0 radical (unpaired) electrons. The van der Waals surface area contributed by atoms with Crippen molar-refractivity contribution >= 4 is 27.3 Å². The summed E-state index contributed by atoms with van der Waals surface area (Å²) < 4.78 is 27.5. The van der Waals surface area contributed by atoms with E-state index in [2.05, 4.69) is 45.7 Å². The summed E-state index contributed by atoms with van der Waals surface area (Å²) in [5.41, 5.74) is 1.24. The van der Waals surface area contributed by atoms with Gasteiger partial charge in [0.15, 0.2) is 0 Å². The number of para-hydroxylation sites is 1. The maximum absolute atomic E-state index is 12.4. The number of nitrogens with one attached hydrogen (secondary N) is 1. The van der Waals surface area contributed by atoms with E-state index in [0.29, 0.717) is 11.6 Å². The molecule has 0 bridgehead atoms. The van der Waals surface area contributed by atoms with E-state index in [1.807, 2.05) is 6.07 Å². The van der Waals surface area contributed by atoms with Gasteiger partial charge in [-0.1, -0.05) is 35.9 Å². The van der Waals surface area contributed by atoms with Crippen molar-refractivity contribution in [3.8, 4) is 0 Å². The normalized spacial score (nSPS) is 17.2. The number of nitrogens with zero attached hydrogens (tertiary/aromatic N) is 2. The van der Waals surface area contributed by atoms with E-state index >= 15 is 0 Å². The molecule has 1 fully saturated rings. The lowest BCUT2D eigenvalue weighted by atomic mass is 10.2. The van der Waals surface area contributed by atoms with E-state index in [1.54, 1.807) is 18.2 Å². The van der Waals surface area contributed by atoms with Crippen LogP contribution >= 0.6 is 11.6 Å². The molecule has 1 N–H and O–H groups in total. The average molecular weight is 394 g/mol. The SMILES string of the molecule is CC(CNS(=O)(=O)c1cccc(Cl)c1)N1CCN(c2ccccc2)CC1. The van der Waals surface area contributed by atoms with Crippen molar-refractivity contribution in [2.75, 3.05) is 37.6 Å². The zero-order valence-corrected chi connectivity index (χ0v) is 16.4. The molecular formula is C19H24ClN3O2S. The minimum absolute atomic E-state index is 0.127. The predicted octanol–water partition coefficient (Wildman–Crippen LogP) is 2.83. The predicted molar refractivity (Wildman–Crippen MR) is 106 cm³/mol. The highest BCUT2D eigenvalue weighted by atomic mass is 35.5. The summed E-state index contributed by atoms with van der Waals surface area (Å²) >= 11 is 5.89. The molecule has 0 saturated carbocycles. The third-order valence-corrected chi connectivity index (χ3v) is 6.39. The largest absolute Gasteiger partial charge is 0.369 e. The molecule has 0 aromatic heterocycles. The molecule has 2 aromatic rings. The topological polar surface area (TPSA) is 52.7 Å². The number of hydrogen-bond donors (Lipinski definition) is 1. The minimum Gasteiger partial charge on any atom is -0.369 e. The molecule has 0 spiro atoms. The van der Waals surface area contributed by atoms with Gasteiger partial charge in [0.2, 0.25) is 10.0 Å². The van der Waals surface area contributed by atoms with Crippen molar-refractivity contribution < 1.29 is 8.42 Å². The Morgan fingerprint density at radius 3 is 2.38 bits per heavy atom. The van der Waals surface area contributed by atoms with E-state index in [1.165, 1.54) is 11.8 Å². The van der Waals surface area contributed by atoms with Crippen LogP contribution in [-0.4, -0.2) is 52.1 Å². The van der Waals surface area contributed by atoms with Gasteiger partial charge in [-0.3, -0.25) is 4.90 Å². The van der Waals surface area contributed by atoms with Crippen LogP contribution in [0, 0.1) is 0 Å². The second-order valence-electron chi connectivity index (χ2n) is 6.52. The lowest BCUT2D eigenvalue weighted by molar-refractivity contribution is 0.198. The van der Waals surface area contributed by atoms with Gasteiger partial charge in [0.25, 0.3) is 0 Å². The number of halogens is 1. The van der Waals surface area contributed by atoms with Crippen LogP contribution in [-0.2, 0) is 10.0 Å². The molecule has 0 aliphatic carbocycles. The van der Waals surface area contributed by atoms with E-state index in [0.717, 1.165) is 26.2 Å². The van der Waals surface area contributed by atoms with Crippen molar-refractivity contribution in [1.29, 1.82) is 0 Å². The Bertz CT molecular complexity index is 822. The Hall–Kier alpha value is -1.60. The van der Waals surface area contributed by atoms with Gasteiger partial charge in [-0.25, -0.2) is 13.1 Å². The Kier molecular flexibility index (Phi) is 6.19. The number of piperazine rings is 1. The van der Waals surface area contributed by atoms with Gasteiger partial charge >= 0.3 is 0 Å². The summed E-state index contributed by atoms with van der Waals surface area (Å²) in [6.07, 6.45) is 0. The summed E-state index contributed by atoms with van der Waals surface area (Å²) in [5, 5.41) is 0.415. The first-order valence-corrected chi connectivity index (χ1v) is 10.6. The molecule has 1 heterocycles. The highest BCUT2D eigenvalue weighted by molar-refractivity contribution is 7.89. The van der Waals surface area contributed by atoms with Crippen LogP contribution in [0.3, 0.4) is 0 Å². The van der Waals surface area contributed by atoms with Crippen LogP contribution in [0.4, 0.5) is 5.69 Å². The van der Waals surface area contributed by atoms with Gasteiger partial charge in [-0.05, 0) is 37.3 Å². The number of sulfonamides is 1. The van der Waals surface area contributed by atoms with Gasteiger partial charge in [0.05, 0.1) is 4.90 Å². The second-order valence-corrected chi connectivity index (χ2v) is 8.72. The van der Waals surface area contributed by atoms with Gasteiger partial charge < -0.3 is 4.90 Å². The molecule has 1 aliphatic rings. The summed E-state index contributed by atoms with van der Waals surface area (Å²) in [5.74, 6) is 0. The van der Waals surface area contributed by atoms with Crippen LogP contribution in [0.2, 0.25) is 5.02 Å². The first kappa shape index (κ1) is 19.2. The molecule has 1 atom stereocenters. The molecule has 1 unspecified atom stereocenters. The zero-order valence-electron chi connectivity index (χ0n) is 14.8. The molecule has 2 aromatic carbocycles. The fraction of sp³-hybridized carbons (Fsp3) is 0.368. The van der Waals surface area contributed by atoms with Crippen molar-refractivity contribution in [3.63, 3.8) is 0 Å². The Balaban J connectivity index is 1.52. The monoisotopic (exact) mass is 393 g/mol. The highest BCUT2D eigenvalue weighted by Gasteiger charge is 2.23. The lowest BCUT2D eigenvalue weighted by Crippen LogP contribution is -2.52. The van der Waals surface area contributed by atoms with Crippen molar-refractivity contribution in [1.82, 2.24) is 9.62 Å². The number of anilines is 1. The molecule has 1 aliphatic heterocycles. The van der Waals surface area contributed by atoms with Crippen molar-refractivity contribution in [2.24, 2.45) is 0 Å². The summed E-state index contributed by atoms with van der Waals surface area (Å²) in [6.45, 7) is 6.13. The maximum atomic E-state index is 12.4. The molecular weight excluding hydrogens is 370 g/mol. The zero-order chi connectivity index (χ0) is 18.6. The molecule has 7 heteroatoms. The van der Waals surface area contributed by atoms with Crippen LogP contribution < -0.4 is 9.62 Å². The quantitative estimate of drug-likeness (QED) is 0.819. The van der Waals surface area contributed by atoms with Crippen LogP contribution in [0.25, 0.3) is 0 Å². The van der Waals surface area contributed by atoms with Gasteiger partial charge in [0, 0.05) is 49.5 Å². The highest BCUT2D eigenvalue weighted by Crippen LogP contribution is 2.17. The average Bonchev–Trinajstić information content (AvgIpc) is 2.67. The molecule has 26 heavy (non-hydrogen) atoms. The van der Waals surface area contributed by atoms with Crippen LogP contribution in [0.15, 0.2) is 59.5 Å². The van der Waals surface area contributed by atoms with E-state index in [4.69, 9.17) is 11.6 Å². The first-order chi connectivity index (χ1) is 12.5. The third-order valence-electron chi connectivity index (χ3n) is 4.73. The van der Waals surface area contributed by atoms with E-state index in [-0.39, 0.29) is 10.9 Å². The molecule has 3 rings (SSSR count). The number of rotatable bonds is 6. The molecule has 5 nitrogen and oxygen atoms in total. The standard InChI is InChI=1S/C19H24ClN3O2S/c1-16(15-21-26(24,25)19-9-5-6-17(20)14-19)22-10-12-23(13-11-22)18-7-3-2-4-8-18/h2-9,14,16,21H,10-13,15H2,1H3. The van der Waals surface area contributed by atoms with Crippen molar-refractivity contribution in [3.05, 3.63) is 59.6 Å². The van der Waals surface area contributed by atoms with Gasteiger partial charge in [-0.2, -0.15) is 0 Å². The fourth-order valence-electron chi connectivity index (χ4n) is 3.14. The fourth-order valence-corrected chi connectivity index (χ4v) is 4.56. The first-order valence-electron chi connectivity index (χ1n) is 8.75. The second kappa shape index (κ2) is 8.39. The summed E-state index contributed by atoms with van der Waals surface area (Å²) in [6, 6.07) is 16.8. The minimum atomic E-state index is -3.54. The van der Waals surface area contributed by atoms with Crippen LogP contribution in [0.1, 0.15) is 6.92 Å². The molecule has 0 amide bonds. The van der Waals surface area contributed by atoms with Crippen LogP contribution in [0.5, 0.6) is 0 Å². The summed E-state index contributed by atoms with van der Waals surface area (Å²) in [4.78, 5) is 4.88. The number of benzene rings is 2. The third kappa shape index (κ3) is 4.76. The summed E-state index contributed by atoms with van der Waals surface area (Å²) in [7, 11) is -3.54. The Morgan fingerprint density at radius 1 is 1.04 bits per heavy atom. The van der Waals surface area contributed by atoms with E-state index in [9.17, 15) is 8.42 Å². The Morgan fingerprint density at radius 2 is 1.73 bits per heavy atom. The lowest BCUT2D eigenvalue weighted by Gasteiger charge is -2.39. The Labute approximate surface area is 160 Å². The number of hydrogen-bond acceptors (Lipinski definition) is 4. The van der Waals surface area contributed by atoms with Gasteiger partial charge in [0.1, 0.15) is 0 Å². The molecule has 140 valence electrons. The van der Waals surface area contributed by atoms with Crippen molar-refractivity contribution in [2.45, 2.75) is 17.9 Å². The molecule has 1 saturated heterocycles.